The van der Waals surface area contributed by atoms with Gasteiger partial charge in [-0.15, -0.1) is 0 Å². The molecule has 0 aromatic heterocycles. The zero-order valence-corrected chi connectivity index (χ0v) is 11.7. The van der Waals surface area contributed by atoms with E-state index in [9.17, 15) is 9.90 Å². The van der Waals surface area contributed by atoms with Gasteiger partial charge in [0, 0.05) is 31.2 Å². The number of fused-ring (bicyclic) bond motifs is 1. The smallest absolute Gasteiger partial charge is 0.323 e. The normalized spacial score (nSPS) is 44.4. The molecule has 2 heterocycles. The average molecular weight is 267 g/mol. The third-order valence-electron chi connectivity index (χ3n) is 5.40. The molecule has 2 saturated heterocycles. The van der Waals surface area contributed by atoms with E-state index < -0.39 is 11.5 Å². The van der Waals surface area contributed by atoms with Crippen molar-refractivity contribution in [1.29, 1.82) is 0 Å². The lowest BCUT2D eigenvalue weighted by Crippen LogP contribution is -2.58. The van der Waals surface area contributed by atoms with E-state index in [2.05, 4.69) is 16.7 Å². The van der Waals surface area contributed by atoms with Gasteiger partial charge in [0.25, 0.3) is 0 Å². The summed E-state index contributed by atoms with van der Waals surface area (Å²) in [6, 6.07) is 1.57. The van der Waals surface area contributed by atoms with E-state index in [1.54, 1.807) is 0 Å². The van der Waals surface area contributed by atoms with E-state index in [-0.39, 0.29) is 0 Å². The molecule has 4 unspecified atom stereocenters. The van der Waals surface area contributed by atoms with Crippen LogP contribution in [-0.2, 0) is 4.79 Å². The van der Waals surface area contributed by atoms with E-state index in [1.807, 2.05) is 0 Å². The van der Waals surface area contributed by atoms with Crippen molar-refractivity contribution >= 4 is 5.97 Å². The van der Waals surface area contributed by atoms with Gasteiger partial charge in [-0.2, -0.15) is 0 Å². The maximum absolute atomic E-state index is 11.3. The van der Waals surface area contributed by atoms with Crippen LogP contribution in [0.3, 0.4) is 0 Å². The molecule has 3 rings (SSSR count). The third kappa shape index (κ3) is 2.28. The maximum Gasteiger partial charge on any atom is 0.323 e. The summed E-state index contributed by atoms with van der Waals surface area (Å²) >= 11 is 0. The summed E-state index contributed by atoms with van der Waals surface area (Å²) in [5.41, 5.74) is 5.03. The quantitative estimate of drug-likeness (QED) is 0.762. The van der Waals surface area contributed by atoms with Gasteiger partial charge in [0.1, 0.15) is 5.54 Å². The first-order chi connectivity index (χ1) is 8.99. The number of rotatable bonds is 2. The first-order valence-corrected chi connectivity index (χ1v) is 7.52. The number of hydrogen-bond acceptors (Lipinski definition) is 4. The highest BCUT2D eigenvalue weighted by Crippen LogP contribution is 2.35. The van der Waals surface area contributed by atoms with Crippen LogP contribution in [0, 0.1) is 0 Å². The molecule has 0 radical (unpaired) electrons. The minimum absolute atomic E-state index is 0.360. The van der Waals surface area contributed by atoms with Gasteiger partial charge in [0.2, 0.25) is 0 Å². The second-order valence-corrected chi connectivity index (χ2v) is 6.69. The van der Waals surface area contributed by atoms with Gasteiger partial charge in [0.05, 0.1) is 0 Å². The van der Waals surface area contributed by atoms with E-state index in [1.165, 1.54) is 19.4 Å². The average Bonchev–Trinajstić information content (AvgIpc) is 2.95. The molecule has 1 saturated carbocycles. The van der Waals surface area contributed by atoms with Crippen LogP contribution in [0.4, 0.5) is 0 Å². The molecule has 5 heteroatoms. The molecule has 19 heavy (non-hydrogen) atoms. The van der Waals surface area contributed by atoms with Gasteiger partial charge < -0.3 is 10.8 Å². The van der Waals surface area contributed by atoms with Crippen LogP contribution in [0.25, 0.3) is 0 Å². The summed E-state index contributed by atoms with van der Waals surface area (Å²) < 4.78 is 0. The number of aliphatic carboxylic acids is 1. The lowest BCUT2D eigenvalue weighted by Gasteiger charge is -2.45. The molecule has 3 N–H and O–H groups in total. The highest BCUT2D eigenvalue weighted by atomic mass is 16.4. The van der Waals surface area contributed by atoms with Crippen molar-refractivity contribution < 1.29 is 9.90 Å². The molecule has 0 spiro atoms. The summed E-state index contributed by atoms with van der Waals surface area (Å²) in [5, 5.41) is 9.25. The molecule has 4 atom stereocenters. The number of carbonyl (C=O) groups is 1. The van der Waals surface area contributed by atoms with E-state index >= 15 is 0 Å². The number of hydrogen-bond donors (Lipinski definition) is 2. The maximum atomic E-state index is 11.3. The third-order valence-corrected chi connectivity index (χ3v) is 5.40. The minimum atomic E-state index is -0.989. The summed E-state index contributed by atoms with van der Waals surface area (Å²) in [7, 11) is 0. The lowest BCUT2D eigenvalue weighted by molar-refractivity contribution is -0.143. The number of carboxylic acids is 1. The van der Waals surface area contributed by atoms with Gasteiger partial charge in [-0.3, -0.25) is 14.6 Å². The van der Waals surface area contributed by atoms with Gasteiger partial charge in [0.15, 0.2) is 0 Å². The van der Waals surface area contributed by atoms with E-state index in [4.69, 9.17) is 5.73 Å². The molecular weight excluding hydrogens is 242 g/mol. The van der Waals surface area contributed by atoms with Crippen LogP contribution in [0.1, 0.15) is 39.0 Å². The molecule has 5 nitrogen and oxygen atoms in total. The van der Waals surface area contributed by atoms with Gasteiger partial charge >= 0.3 is 5.97 Å². The molecule has 3 aliphatic rings. The lowest BCUT2D eigenvalue weighted by atomic mass is 9.98. The van der Waals surface area contributed by atoms with Crippen molar-refractivity contribution in [1.82, 2.24) is 9.80 Å². The topological polar surface area (TPSA) is 69.8 Å². The Labute approximate surface area is 114 Å². The molecule has 0 aromatic carbocycles. The first-order valence-electron chi connectivity index (χ1n) is 7.52. The Hall–Kier alpha value is -0.650. The molecule has 0 aromatic rings. The van der Waals surface area contributed by atoms with Crippen molar-refractivity contribution in [2.45, 2.75) is 62.7 Å². The predicted octanol–water partition coefficient (Wildman–Crippen LogP) is 0.490. The molecular formula is C14H25N3O2. The second-order valence-electron chi connectivity index (χ2n) is 6.69. The monoisotopic (exact) mass is 267 g/mol. The predicted molar refractivity (Wildman–Crippen MR) is 73.0 cm³/mol. The highest BCUT2D eigenvalue weighted by molar-refractivity contribution is 5.79. The Morgan fingerprint density at radius 2 is 2.11 bits per heavy atom. The van der Waals surface area contributed by atoms with Crippen LogP contribution >= 0.6 is 0 Å². The summed E-state index contributed by atoms with van der Waals surface area (Å²) in [6.07, 6.45) is 4.76. The SMILES string of the molecule is CC1CN2CCCC2CN1C1CCC(N)(C(=O)O)C1. The first kappa shape index (κ1) is 13.3. The fourth-order valence-corrected chi connectivity index (χ4v) is 4.24. The molecule has 0 bridgehead atoms. The number of piperazine rings is 1. The number of nitrogens with zero attached hydrogens (tertiary/aromatic N) is 2. The number of carboxylic acid groups (broad SMARTS) is 1. The fraction of sp³-hybridized carbons (Fsp3) is 0.929. The molecule has 2 aliphatic heterocycles. The van der Waals surface area contributed by atoms with Gasteiger partial charge in [-0.25, -0.2) is 0 Å². The summed E-state index contributed by atoms with van der Waals surface area (Å²) in [4.78, 5) is 16.4. The van der Waals surface area contributed by atoms with Crippen molar-refractivity contribution in [2.24, 2.45) is 5.73 Å². The Morgan fingerprint density at radius 3 is 2.79 bits per heavy atom. The van der Waals surface area contributed by atoms with Crippen LogP contribution in [-0.4, -0.2) is 64.2 Å². The highest BCUT2D eigenvalue weighted by Gasteiger charge is 2.46. The van der Waals surface area contributed by atoms with Crippen LogP contribution in [0.2, 0.25) is 0 Å². The largest absolute Gasteiger partial charge is 0.480 e. The number of nitrogens with two attached hydrogens (primary N) is 1. The van der Waals surface area contributed by atoms with Crippen LogP contribution < -0.4 is 5.73 Å². The van der Waals surface area contributed by atoms with Crippen LogP contribution in [0.15, 0.2) is 0 Å². The summed E-state index contributed by atoms with van der Waals surface area (Å²) in [5.74, 6) is -0.831. The van der Waals surface area contributed by atoms with Crippen molar-refractivity contribution in [3.63, 3.8) is 0 Å². The zero-order chi connectivity index (χ0) is 13.6. The zero-order valence-electron chi connectivity index (χ0n) is 11.7. The second kappa shape index (κ2) is 4.72. The molecule has 1 aliphatic carbocycles. The van der Waals surface area contributed by atoms with Gasteiger partial charge in [-0.1, -0.05) is 0 Å². The fourth-order valence-electron chi connectivity index (χ4n) is 4.24. The Balaban J connectivity index is 1.68. The van der Waals surface area contributed by atoms with E-state index in [0.717, 1.165) is 19.5 Å². The van der Waals surface area contributed by atoms with Crippen molar-refractivity contribution in [3.8, 4) is 0 Å². The van der Waals surface area contributed by atoms with Gasteiger partial charge in [-0.05, 0) is 45.6 Å². The van der Waals surface area contributed by atoms with Crippen LogP contribution in [0.5, 0.6) is 0 Å². The summed E-state index contributed by atoms with van der Waals surface area (Å²) in [6.45, 7) is 5.74. The standard InChI is InChI=1S/C14H25N3O2/c1-10-8-16-6-2-3-12(16)9-17(10)11-4-5-14(15,7-11)13(18)19/h10-12H,2-9,15H2,1H3,(H,18,19). The Morgan fingerprint density at radius 1 is 1.32 bits per heavy atom. The molecule has 108 valence electrons. The molecule has 0 amide bonds. The van der Waals surface area contributed by atoms with Crippen molar-refractivity contribution in [2.75, 3.05) is 19.6 Å². The minimum Gasteiger partial charge on any atom is -0.480 e. The van der Waals surface area contributed by atoms with Crippen molar-refractivity contribution in [3.05, 3.63) is 0 Å². The molecule has 3 fully saturated rings. The van der Waals surface area contributed by atoms with E-state index in [0.29, 0.717) is 31.0 Å². The Bertz CT molecular complexity index is 376. The Kier molecular flexibility index (Phi) is 3.31.